The first-order chi connectivity index (χ1) is 22.8. The van der Waals surface area contributed by atoms with Crippen LogP contribution in [0.25, 0.3) is 5.65 Å². The first-order valence-corrected chi connectivity index (χ1v) is 15.7. The van der Waals surface area contributed by atoms with Gasteiger partial charge in [0, 0.05) is 56.5 Å². The standard InChI is InChI=1S/C35H39N5O7/c1-22-5-4-13-40-25(19-37-35(22)40)16-34(43)39-14-12-28-27(20-39)38-33(42)21-46-31-15-23(6-10-29(31)44-2)7-11-32(41)36-18-24-8-9-26(47-28)17-30(24)45-3/h4-6,8-10,13,15,17,19,27-28H,7,11-12,14,16,18,20-21H2,1-3H3,(H,36,41)(H,38,42)/t27-,28+/m1/s1. The van der Waals surface area contributed by atoms with Crippen molar-refractivity contribution in [2.24, 2.45) is 0 Å². The van der Waals surface area contributed by atoms with E-state index in [0.29, 0.717) is 48.9 Å². The average molecular weight is 642 g/mol. The van der Waals surface area contributed by atoms with Gasteiger partial charge >= 0.3 is 0 Å². The van der Waals surface area contributed by atoms with E-state index in [-0.39, 0.29) is 43.7 Å². The molecule has 4 bridgehead atoms. The first kappa shape index (κ1) is 31.7. The SMILES string of the molecule is COc1cc2ccc1CNC(=O)CCc1ccc(OC)c(c1)OCC(=O)N[C@@H]1CN(C(=O)Cc3cnc4c(C)cccn34)CC[C@@H]1O2. The molecule has 2 N–H and O–H groups in total. The normalized spacial score (nSPS) is 18.8. The highest BCUT2D eigenvalue weighted by Crippen LogP contribution is 2.30. The van der Waals surface area contributed by atoms with Gasteiger partial charge in [0.15, 0.2) is 18.1 Å². The number of fused-ring (bicyclic) bond motifs is 10. The molecule has 12 heteroatoms. The number of likely N-dealkylation sites (tertiary alicyclic amines) is 1. The Morgan fingerprint density at radius 3 is 2.72 bits per heavy atom. The minimum atomic E-state index is -0.520. The van der Waals surface area contributed by atoms with Gasteiger partial charge < -0.3 is 38.9 Å². The molecule has 7 rings (SSSR count). The molecule has 0 spiro atoms. The lowest BCUT2D eigenvalue weighted by Crippen LogP contribution is -2.58. The molecule has 47 heavy (non-hydrogen) atoms. The molecule has 0 radical (unpaired) electrons. The van der Waals surface area contributed by atoms with Crippen LogP contribution >= 0.6 is 0 Å². The zero-order valence-corrected chi connectivity index (χ0v) is 26.8. The van der Waals surface area contributed by atoms with Crippen LogP contribution in [0.4, 0.5) is 0 Å². The molecule has 2 atom stereocenters. The number of carbonyl (C=O) groups excluding carboxylic acids is 3. The second-order valence-electron chi connectivity index (χ2n) is 11.8. The fourth-order valence-electron chi connectivity index (χ4n) is 6.08. The predicted molar refractivity (Wildman–Crippen MR) is 173 cm³/mol. The van der Waals surface area contributed by atoms with E-state index in [0.717, 1.165) is 28.0 Å². The minimum Gasteiger partial charge on any atom is -0.496 e. The largest absolute Gasteiger partial charge is 0.496 e. The number of nitrogens with one attached hydrogen (secondary N) is 2. The monoisotopic (exact) mass is 641 g/mol. The average Bonchev–Trinajstić information content (AvgIpc) is 3.49. The van der Waals surface area contributed by atoms with Crippen molar-refractivity contribution in [1.29, 1.82) is 0 Å². The Hall–Kier alpha value is -5.26. The van der Waals surface area contributed by atoms with E-state index in [1.165, 1.54) is 7.11 Å². The van der Waals surface area contributed by atoms with Gasteiger partial charge in [0.25, 0.3) is 5.91 Å². The molecule has 12 nitrogen and oxygen atoms in total. The van der Waals surface area contributed by atoms with E-state index >= 15 is 0 Å². The molecule has 0 saturated carbocycles. The molecule has 4 aromatic rings. The van der Waals surface area contributed by atoms with E-state index in [1.807, 2.05) is 47.9 Å². The zero-order valence-electron chi connectivity index (χ0n) is 26.8. The maximum Gasteiger partial charge on any atom is 0.258 e. The van der Waals surface area contributed by atoms with Crippen molar-refractivity contribution in [3.63, 3.8) is 0 Å². The molecule has 3 aliphatic rings. The van der Waals surface area contributed by atoms with Crippen molar-refractivity contribution in [2.75, 3.05) is 33.9 Å². The van der Waals surface area contributed by atoms with Gasteiger partial charge in [-0.3, -0.25) is 14.4 Å². The fourth-order valence-corrected chi connectivity index (χ4v) is 6.08. The van der Waals surface area contributed by atoms with Crippen LogP contribution in [0.2, 0.25) is 0 Å². The molecule has 5 heterocycles. The van der Waals surface area contributed by atoms with Crippen LogP contribution in [-0.4, -0.2) is 78.1 Å². The van der Waals surface area contributed by atoms with Gasteiger partial charge in [0.1, 0.15) is 23.3 Å². The summed E-state index contributed by atoms with van der Waals surface area (Å²) in [5, 5.41) is 6.02. The lowest BCUT2D eigenvalue weighted by atomic mass is 10.0. The van der Waals surface area contributed by atoms with Gasteiger partial charge in [0.2, 0.25) is 11.8 Å². The van der Waals surface area contributed by atoms with Crippen LogP contribution in [0, 0.1) is 6.92 Å². The first-order valence-electron chi connectivity index (χ1n) is 15.7. The number of hydrogen-bond donors (Lipinski definition) is 2. The van der Waals surface area contributed by atoms with Crippen LogP contribution in [0.3, 0.4) is 0 Å². The van der Waals surface area contributed by atoms with E-state index in [2.05, 4.69) is 15.6 Å². The summed E-state index contributed by atoms with van der Waals surface area (Å²) < 4.78 is 25.3. The molecule has 1 saturated heterocycles. The summed E-state index contributed by atoms with van der Waals surface area (Å²) in [5.74, 6) is 1.46. The highest BCUT2D eigenvalue weighted by Gasteiger charge is 2.34. The second-order valence-corrected chi connectivity index (χ2v) is 11.8. The number of methoxy groups -OCH3 is 2. The number of hydrogen-bond acceptors (Lipinski definition) is 8. The number of piperidine rings is 1. The number of amides is 3. The molecule has 1 fully saturated rings. The van der Waals surface area contributed by atoms with Crippen LogP contribution in [0.15, 0.2) is 60.9 Å². The van der Waals surface area contributed by atoms with E-state index in [9.17, 15) is 14.4 Å². The van der Waals surface area contributed by atoms with Gasteiger partial charge in [-0.2, -0.15) is 0 Å². The molecular weight excluding hydrogens is 602 g/mol. The van der Waals surface area contributed by atoms with Crippen LogP contribution in [0.5, 0.6) is 23.0 Å². The molecular formula is C35H39N5O7. The Morgan fingerprint density at radius 1 is 1.04 bits per heavy atom. The van der Waals surface area contributed by atoms with Crippen molar-refractivity contribution in [2.45, 2.75) is 51.3 Å². The van der Waals surface area contributed by atoms with Gasteiger partial charge in [-0.1, -0.05) is 12.1 Å². The molecule has 0 aliphatic carbocycles. The van der Waals surface area contributed by atoms with Crippen LogP contribution < -0.4 is 29.6 Å². The summed E-state index contributed by atoms with van der Waals surface area (Å²) in [4.78, 5) is 45.8. The predicted octanol–water partition coefficient (Wildman–Crippen LogP) is 3.01. The maximum absolute atomic E-state index is 13.6. The lowest BCUT2D eigenvalue weighted by Gasteiger charge is -2.39. The summed E-state index contributed by atoms with van der Waals surface area (Å²) in [6.07, 6.45) is 4.61. The maximum atomic E-state index is 13.6. The topological polar surface area (TPSA) is 133 Å². The van der Waals surface area contributed by atoms with E-state index in [1.54, 1.807) is 36.4 Å². The third-order valence-corrected chi connectivity index (χ3v) is 8.64. The number of aryl methyl sites for hydroxylation is 2. The Morgan fingerprint density at radius 2 is 1.89 bits per heavy atom. The zero-order chi connectivity index (χ0) is 32.9. The number of benzene rings is 2. The molecule has 2 aromatic carbocycles. The van der Waals surface area contributed by atoms with Gasteiger partial charge in [-0.15, -0.1) is 0 Å². The summed E-state index contributed by atoms with van der Waals surface area (Å²) in [6, 6.07) is 14.3. The fraction of sp³-hybridized carbons (Fsp3) is 0.371. The smallest absolute Gasteiger partial charge is 0.258 e. The van der Waals surface area contributed by atoms with Crippen LogP contribution in [-0.2, 0) is 33.8 Å². The number of aromatic nitrogens is 2. The quantitative estimate of drug-likeness (QED) is 0.348. The molecule has 246 valence electrons. The molecule has 2 aromatic heterocycles. The Labute approximate surface area is 273 Å². The highest BCUT2D eigenvalue weighted by atomic mass is 16.5. The van der Waals surface area contributed by atoms with Crippen molar-refractivity contribution in [1.82, 2.24) is 24.9 Å². The van der Waals surface area contributed by atoms with Gasteiger partial charge in [-0.05, 0) is 54.8 Å². The summed E-state index contributed by atoms with van der Waals surface area (Å²) in [6.45, 7) is 2.71. The molecule has 3 amide bonds. The number of ether oxygens (including phenoxy) is 4. The number of nitrogens with zero attached hydrogens (tertiary/aromatic N) is 3. The lowest BCUT2D eigenvalue weighted by molar-refractivity contribution is -0.135. The van der Waals surface area contributed by atoms with Crippen molar-refractivity contribution < 1.29 is 33.3 Å². The number of rotatable bonds is 4. The van der Waals surface area contributed by atoms with E-state index < -0.39 is 12.1 Å². The summed E-state index contributed by atoms with van der Waals surface area (Å²) in [5.41, 5.74) is 4.32. The molecule has 0 unspecified atom stereocenters. The Kier molecular flexibility index (Phi) is 9.46. The Bertz CT molecular complexity index is 1790. The third-order valence-electron chi connectivity index (χ3n) is 8.64. The number of pyridine rings is 1. The van der Waals surface area contributed by atoms with Crippen molar-refractivity contribution in [3.8, 4) is 23.0 Å². The summed E-state index contributed by atoms with van der Waals surface area (Å²) in [7, 11) is 3.10. The van der Waals surface area contributed by atoms with Gasteiger partial charge in [-0.25, -0.2) is 4.98 Å². The highest BCUT2D eigenvalue weighted by molar-refractivity contribution is 5.80. The number of carbonyl (C=O) groups is 3. The van der Waals surface area contributed by atoms with Crippen LogP contribution in [0.1, 0.15) is 35.2 Å². The van der Waals surface area contributed by atoms with Crippen molar-refractivity contribution in [3.05, 3.63) is 83.3 Å². The third kappa shape index (κ3) is 7.26. The summed E-state index contributed by atoms with van der Waals surface area (Å²) >= 11 is 0. The Balaban J connectivity index is 1.24. The van der Waals surface area contributed by atoms with Crippen molar-refractivity contribution >= 4 is 23.4 Å². The second kappa shape index (κ2) is 14.0. The van der Waals surface area contributed by atoms with Gasteiger partial charge in [0.05, 0.1) is 32.4 Å². The molecule has 3 aliphatic heterocycles. The minimum absolute atomic E-state index is 0.0672. The number of imidazole rings is 1. The van der Waals surface area contributed by atoms with E-state index in [4.69, 9.17) is 18.9 Å².